The van der Waals surface area contributed by atoms with Gasteiger partial charge in [-0.05, 0) is 29.0 Å². The lowest BCUT2D eigenvalue weighted by molar-refractivity contribution is -0.901. The van der Waals surface area contributed by atoms with Crippen molar-refractivity contribution >= 4 is 10.8 Å². The molecule has 0 bridgehead atoms. The Morgan fingerprint density at radius 1 is 1.16 bits per heavy atom. The molecule has 3 nitrogen and oxygen atoms in total. The van der Waals surface area contributed by atoms with Crippen molar-refractivity contribution in [3.05, 3.63) is 35.9 Å². The molecule has 2 N–H and O–H groups in total. The van der Waals surface area contributed by atoms with E-state index in [9.17, 15) is 5.11 Å². The molecule has 0 aliphatic carbocycles. The average Bonchev–Trinajstić information content (AvgIpc) is 2.94. The zero-order valence-corrected chi connectivity index (χ0v) is 11.3. The fraction of sp³-hybridized carbons (Fsp3) is 0.375. The third-order valence-corrected chi connectivity index (χ3v) is 4.05. The van der Waals surface area contributed by atoms with Crippen LogP contribution in [0.4, 0.5) is 0 Å². The highest BCUT2D eigenvalue weighted by Gasteiger charge is 2.19. The van der Waals surface area contributed by atoms with E-state index in [0.717, 1.165) is 28.6 Å². The van der Waals surface area contributed by atoms with Crippen molar-refractivity contribution in [1.29, 1.82) is 0 Å². The number of likely N-dealkylation sites (tertiary alicyclic amines) is 1. The van der Waals surface area contributed by atoms with Gasteiger partial charge in [0.25, 0.3) is 0 Å². The number of hydrogen-bond donors (Lipinski definition) is 2. The highest BCUT2D eigenvalue weighted by Crippen LogP contribution is 2.29. The van der Waals surface area contributed by atoms with E-state index in [1.54, 1.807) is 18.1 Å². The van der Waals surface area contributed by atoms with Crippen molar-refractivity contribution in [1.82, 2.24) is 0 Å². The molecule has 1 heterocycles. The van der Waals surface area contributed by atoms with E-state index in [1.807, 2.05) is 18.2 Å². The van der Waals surface area contributed by atoms with Crippen molar-refractivity contribution in [2.45, 2.75) is 19.4 Å². The molecule has 0 amide bonds. The maximum atomic E-state index is 10.2. The molecule has 0 saturated carbocycles. The molecule has 0 aromatic heterocycles. The lowest BCUT2D eigenvalue weighted by Crippen LogP contribution is -3.08. The van der Waals surface area contributed by atoms with Crippen molar-refractivity contribution < 1.29 is 14.7 Å². The summed E-state index contributed by atoms with van der Waals surface area (Å²) in [5.41, 5.74) is 1.05. The van der Waals surface area contributed by atoms with Gasteiger partial charge in [-0.1, -0.05) is 12.1 Å². The minimum absolute atomic E-state index is 0.403. The van der Waals surface area contributed by atoms with Gasteiger partial charge in [0.1, 0.15) is 18.0 Å². The Labute approximate surface area is 113 Å². The summed E-state index contributed by atoms with van der Waals surface area (Å²) >= 11 is 0. The Bertz CT molecular complexity index is 589. The molecule has 1 aliphatic heterocycles. The van der Waals surface area contributed by atoms with E-state index in [0.29, 0.717) is 5.75 Å². The Hall–Kier alpha value is -1.74. The largest absolute Gasteiger partial charge is 0.507 e. The third kappa shape index (κ3) is 2.38. The minimum atomic E-state index is 0.403. The van der Waals surface area contributed by atoms with Gasteiger partial charge in [0, 0.05) is 12.8 Å². The Balaban J connectivity index is 2.06. The normalized spacial score (nSPS) is 16.1. The van der Waals surface area contributed by atoms with E-state index in [-0.39, 0.29) is 0 Å². The number of phenolic OH excluding ortho intramolecular Hbond substituents is 1. The molecule has 1 saturated heterocycles. The predicted octanol–water partition coefficient (Wildman–Crippen LogP) is 1.73. The van der Waals surface area contributed by atoms with Crippen LogP contribution in [-0.2, 0) is 6.54 Å². The van der Waals surface area contributed by atoms with E-state index >= 15 is 0 Å². The van der Waals surface area contributed by atoms with Crippen LogP contribution in [0.15, 0.2) is 30.3 Å². The van der Waals surface area contributed by atoms with Gasteiger partial charge in [0.05, 0.1) is 25.8 Å². The molecule has 0 spiro atoms. The Kier molecular flexibility index (Phi) is 3.30. The number of quaternary nitrogens is 1. The van der Waals surface area contributed by atoms with Crippen molar-refractivity contribution in [3.8, 4) is 11.5 Å². The highest BCUT2D eigenvalue weighted by molar-refractivity contribution is 5.88. The highest BCUT2D eigenvalue weighted by atomic mass is 16.5. The number of fused-ring (bicyclic) bond motifs is 1. The molecule has 2 aromatic rings. The van der Waals surface area contributed by atoms with Crippen LogP contribution in [0.2, 0.25) is 0 Å². The number of benzene rings is 2. The summed E-state index contributed by atoms with van der Waals surface area (Å²) in [7, 11) is 1.68. The van der Waals surface area contributed by atoms with Crippen LogP contribution in [0.25, 0.3) is 10.8 Å². The SMILES string of the molecule is COc1ccc2ccc(O)c(C[NH+]3CCCC3)c2c1. The van der Waals surface area contributed by atoms with E-state index in [1.165, 1.54) is 25.9 Å². The Morgan fingerprint density at radius 2 is 1.89 bits per heavy atom. The summed E-state index contributed by atoms with van der Waals surface area (Å²) in [5, 5.41) is 12.4. The summed E-state index contributed by atoms with van der Waals surface area (Å²) in [4.78, 5) is 1.56. The number of methoxy groups -OCH3 is 1. The fourth-order valence-corrected chi connectivity index (χ4v) is 2.96. The van der Waals surface area contributed by atoms with Crippen LogP contribution in [0.1, 0.15) is 18.4 Å². The van der Waals surface area contributed by atoms with Gasteiger partial charge < -0.3 is 14.7 Å². The topological polar surface area (TPSA) is 33.9 Å². The van der Waals surface area contributed by atoms with Crippen LogP contribution in [0.3, 0.4) is 0 Å². The zero-order valence-electron chi connectivity index (χ0n) is 11.3. The first-order valence-corrected chi connectivity index (χ1v) is 6.90. The summed E-state index contributed by atoms with van der Waals surface area (Å²) in [5.74, 6) is 1.25. The van der Waals surface area contributed by atoms with E-state index in [4.69, 9.17) is 4.74 Å². The molecular weight excluding hydrogens is 238 g/mol. The first-order valence-electron chi connectivity index (χ1n) is 6.90. The smallest absolute Gasteiger partial charge is 0.125 e. The molecule has 3 rings (SSSR count). The second kappa shape index (κ2) is 5.10. The lowest BCUT2D eigenvalue weighted by Gasteiger charge is -2.15. The van der Waals surface area contributed by atoms with Crippen LogP contribution in [0.5, 0.6) is 11.5 Å². The van der Waals surface area contributed by atoms with Crippen LogP contribution in [0, 0.1) is 0 Å². The minimum Gasteiger partial charge on any atom is -0.507 e. The van der Waals surface area contributed by atoms with Gasteiger partial charge in [-0.2, -0.15) is 0 Å². The van der Waals surface area contributed by atoms with Gasteiger partial charge in [0.2, 0.25) is 0 Å². The van der Waals surface area contributed by atoms with Crippen molar-refractivity contribution in [2.75, 3.05) is 20.2 Å². The number of aromatic hydroxyl groups is 1. The van der Waals surface area contributed by atoms with Crippen molar-refractivity contribution in [3.63, 3.8) is 0 Å². The Morgan fingerprint density at radius 3 is 2.63 bits per heavy atom. The lowest BCUT2D eigenvalue weighted by atomic mass is 10.0. The molecule has 1 fully saturated rings. The fourth-order valence-electron chi connectivity index (χ4n) is 2.96. The van der Waals surface area contributed by atoms with Gasteiger partial charge in [-0.15, -0.1) is 0 Å². The van der Waals surface area contributed by atoms with Gasteiger partial charge in [-0.3, -0.25) is 0 Å². The molecule has 100 valence electrons. The summed E-state index contributed by atoms with van der Waals surface area (Å²) in [6, 6.07) is 9.81. The molecule has 0 radical (unpaired) electrons. The number of phenols is 1. The van der Waals surface area contributed by atoms with Gasteiger partial charge >= 0.3 is 0 Å². The number of nitrogens with one attached hydrogen (secondary N) is 1. The monoisotopic (exact) mass is 258 g/mol. The number of ether oxygens (including phenoxy) is 1. The summed E-state index contributed by atoms with van der Waals surface area (Å²) in [6.45, 7) is 3.32. The maximum Gasteiger partial charge on any atom is 0.125 e. The molecule has 3 heteroatoms. The zero-order chi connectivity index (χ0) is 13.2. The quantitative estimate of drug-likeness (QED) is 0.879. The number of rotatable bonds is 3. The van der Waals surface area contributed by atoms with Crippen LogP contribution in [-0.4, -0.2) is 25.3 Å². The van der Waals surface area contributed by atoms with Gasteiger partial charge in [-0.25, -0.2) is 0 Å². The average molecular weight is 258 g/mol. The molecular formula is C16H20NO2+. The van der Waals surface area contributed by atoms with E-state index in [2.05, 4.69) is 6.07 Å². The molecule has 19 heavy (non-hydrogen) atoms. The number of hydrogen-bond acceptors (Lipinski definition) is 2. The van der Waals surface area contributed by atoms with Crippen LogP contribution >= 0.6 is 0 Å². The first kappa shape index (κ1) is 12.3. The summed E-state index contributed by atoms with van der Waals surface area (Å²) < 4.78 is 5.30. The molecule has 0 atom stereocenters. The maximum absolute atomic E-state index is 10.2. The standard InChI is InChI=1S/C16H19NO2/c1-19-13-6-4-12-5-7-16(18)15(14(12)10-13)11-17-8-2-3-9-17/h4-7,10,18H,2-3,8-9,11H2,1H3/p+1. The molecule has 0 unspecified atom stereocenters. The predicted molar refractivity (Wildman–Crippen MR) is 75.8 cm³/mol. The second-order valence-electron chi connectivity index (χ2n) is 5.28. The van der Waals surface area contributed by atoms with Gasteiger partial charge in [0.15, 0.2) is 0 Å². The third-order valence-electron chi connectivity index (χ3n) is 4.05. The van der Waals surface area contributed by atoms with Crippen LogP contribution < -0.4 is 9.64 Å². The second-order valence-corrected chi connectivity index (χ2v) is 5.28. The molecule has 2 aromatic carbocycles. The van der Waals surface area contributed by atoms with Crippen molar-refractivity contribution in [2.24, 2.45) is 0 Å². The summed E-state index contributed by atoms with van der Waals surface area (Å²) in [6.07, 6.45) is 2.59. The van der Waals surface area contributed by atoms with E-state index < -0.39 is 0 Å². The first-order chi connectivity index (χ1) is 9.28. The molecule has 1 aliphatic rings.